The molecule has 0 aromatic rings. The summed E-state index contributed by atoms with van der Waals surface area (Å²) >= 11 is 0. The van der Waals surface area contributed by atoms with E-state index < -0.39 is 0 Å². The second-order valence-electron chi connectivity index (χ2n) is 4.36. The average Bonchev–Trinajstić information content (AvgIpc) is 1.86. The van der Waals surface area contributed by atoms with E-state index in [9.17, 15) is 0 Å². The minimum atomic E-state index is 0.283. The van der Waals surface area contributed by atoms with Crippen molar-refractivity contribution in [1.82, 2.24) is 0 Å². The maximum absolute atomic E-state index is 2.32. The van der Waals surface area contributed by atoms with Gasteiger partial charge >= 0.3 is 0 Å². The third-order valence-corrected chi connectivity index (χ3v) is 2.27. The minimum absolute atomic E-state index is 0.283. The molecule has 0 unspecified atom stereocenters. The minimum Gasteiger partial charge on any atom is -0.0805 e. The van der Waals surface area contributed by atoms with Crippen molar-refractivity contribution in [3.05, 3.63) is 24.3 Å². The van der Waals surface area contributed by atoms with E-state index in [1.54, 1.807) is 0 Å². The van der Waals surface area contributed by atoms with Gasteiger partial charge in [-0.15, -0.1) is 0 Å². The predicted octanol–water partition coefficient (Wildman–Crippen LogP) is 3.41. The predicted molar refractivity (Wildman–Crippen MR) is 50.4 cm³/mol. The molecule has 0 aromatic heterocycles. The Kier molecular flexibility index (Phi) is 2.22. The molecule has 1 aliphatic rings. The van der Waals surface area contributed by atoms with Gasteiger partial charge in [-0.1, -0.05) is 52.0 Å². The topological polar surface area (TPSA) is 0 Å². The molecule has 1 rings (SSSR count). The van der Waals surface area contributed by atoms with Crippen molar-refractivity contribution < 1.29 is 0 Å². The second-order valence-corrected chi connectivity index (χ2v) is 4.36. The van der Waals surface area contributed by atoms with Gasteiger partial charge in [-0.2, -0.15) is 0 Å². The molecule has 1 aliphatic carbocycles. The fraction of sp³-hybridized carbons (Fsp3) is 0.636. The third kappa shape index (κ3) is 2.21. The monoisotopic (exact) mass is 150 g/mol. The van der Waals surface area contributed by atoms with Crippen molar-refractivity contribution in [3.63, 3.8) is 0 Å². The van der Waals surface area contributed by atoms with E-state index >= 15 is 0 Å². The van der Waals surface area contributed by atoms with Gasteiger partial charge in [-0.25, -0.2) is 0 Å². The summed E-state index contributed by atoms with van der Waals surface area (Å²) in [5.74, 6) is 1.39. The van der Waals surface area contributed by atoms with Gasteiger partial charge in [0.1, 0.15) is 0 Å². The van der Waals surface area contributed by atoms with Crippen LogP contribution in [0.15, 0.2) is 24.3 Å². The highest BCUT2D eigenvalue weighted by Gasteiger charge is 2.16. The maximum Gasteiger partial charge on any atom is 0.000483 e. The Hall–Kier alpha value is -0.520. The number of hydrogen-bond donors (Lipinski definition) is 0. The van der Waals surface area contributed by atoms with Crippen LogP contribution >= 0.6 is 0 Å². The summed E-state index contributed by atoms with van der Waals surface area (Å²) in [6.07, 6.45) is 9.25. The van der Waals surface area contributed by atoms with Crippen LogP contribution < -0.4 is 0 Å². The van der Waals surface area contributed by atoms with Gasteiger partial charge in [-0.05, 0) is 11.8 Å². The maximum atomic E-state index is 2.32. The molecular weight excluding hydrogens is 132 g/mol. The lowest BCUT2D eigenvalue weighted by molar-refractivity contribution is 0.512. The van der Waals surface area contributed by atoms with Crippen molar-refractivity contribution in [2.24, 2.45) is 17.3 Å². The Balaban J connectivity index is 2.65. The van der Waals surface area contributed by atoms with Gasteiger partial charge in [0.25, 0.3) is 0 Å². The van der Waals surface area contributed by atoms with Crippen LogP contribution in [0.2, 0.25) is 0 Å². The number of hydrogen-bond acceptors (Lipinski definition) is 0. The molecule has 0 heterocycles. The highest BCUT2D eigenvalue weighted by molar-refractivity contribution is 5.18. The van der Waals surface area contributed by atoms with Crippen molar-refractivity contribution in [2.75, 3.05) is 0 Å². The lowest BCUT2D eigenvalue weighted by atomic mass is 9.82. The summed E-state index contributed by atoms with van der Waals surface area (Å²) in [5, 5.41) is 0. The highest BCUT2D eigenvalue weighted by atomic mass is 14.2. The normalized spacial score (nSPS) is 23.0. The van der Waals surface area contributed by atoms with Crippen molar-refractivity contribution in [1.29, 1.82) is 0 Å². The molecule has 0 spiro atoms. The van der Waals surface area contributed by atoms with E-state index in [0.29, 0.717) is 5.92 Å². The van der Waals surface area contributed by atoms with E-state index in [0.717, 1.165) is 5.92 Å². The summed E-state index contributed by atoms with van der Waals surface area (Å²) < 4.78 is 0. The Labute approximate surface area is 70.0 Å². The molecule has 0 heteroatoms. The smallest absolute Gasteiger partial charge is 0.000483 e. The molecule has 0 N–H and O–H groups in total. The van der Waals surface area contributed by atoms with Crippen LogP contribution in [-0.4, -0.2) is 0 Å². The summed E-state index contributed by atoms with van der Waals surface area (Å²) in [6, 6.07) is 0. The first-order chi connectivity index (χ1) is 5.01. The molecule has 0 radical (unpaired) electrons. The zero-order valence-electron chi connectivity index (χ0n) is 7.96. The molecular formula is C11H18. The van der Waals surface area contributed by atoms with Gasteiger partial charge in [0.05, 0.1) is 0 Å². The van der Waals surface area contributed by atoms with Gasteiger partial charge in [-0.3, -0.25) is 0 Å². The lowest BCUT2D eigenvalue weighted by Gasteiger charge is -2.23. The highest BCUT2D eigenvalue weighted by Crippen LogP contribution is 2.28. The molecule has 0 saturated heterocycles. The van der Waals surface area contributed by atoms with E-state index in [4.69, 9.17) is 0 Å². The van der Waals surface area contributed by atoms with Gasteiger partial charge < -0.3 is 0 Å². The van der Waals surface area contributed by atoms with E-state index in [1.807, 2.05) is 0 Å². The van der Waals surface area contributed by atoms with Crippen LogP contribution in [0.1, 0.15) is 27.7 Å². The molecule has 11 heavy (non-hydrogen) atoms. The summed E-state index contributed by atoms with van der Waals surface area (Å²) in [6.45, 7) is 8.99. The SMILES string of the molecule is CC(C)C1C=CC(C)(C)C=C1. The number of allylic oxidation sites excluding steroid dienone is 4. The molecule has 0 bridgehead atoms. The van der Waals surface area contributed by atoms with Crippen molar-refractivity contribution in [2.45, 2.75) is 27.7 Å². The average molecular weight is 150 g/mol. The summed E-state index contributed by atoms with van der Waals surface area (Å²) in [7, 11) is 0. The summed E-state index contributed by atoms with van der Waals surface area (Å²) in [5.41, 5.74) is 0.283. The van der Waals surface area contributed by atoms with Gasteiger partial charge in [0.2, 0.25) is 0 Å². The van der Waals surface area contributed by atoms with Gasteiger partial charge in [0.15, 0.2) is 0 Å². The first kappa shape index (κ1) is 8.58. The van der Waals surface area contributed by atoms with E-state index in [-0.39, 0.29) is 5.41 Å². The Morgan fingerprint density at radius 3 is 1.91 bits per heavy atom. The molecule has 0 amide bonds. The van der Waals surface area contributed by atoms with Crippen LogP contribution in [-0.2, 0) is 0 Å². The molecule has 0 aromatic carbocycles. The lowest BCUT2D eigenvalue weighted by Crippen LogP contribution is -2.12. The summed E-state index contributed by atoms with van der Waals surface area (Å²) in [4.78, 5) is 0. The van der Waals surface area contributed by atoms with Crippen molar-refractivity contribution in [3.8, 4) is 0 Å². The Morgan fingerprint density at radius 1 is 1.09 bits per heavy atom. The number of rotatable bonds is 1. The van der Waals surface area contributed by atoms with Crippen LogP contribution in [0.5, 0.6) is 0 Å². The zero-order chi connectivity index (χ0) is 8.48. The fourth-order valence-corrected chi connectivity index (χ4v) is 1.28. The van der Waals surface area contributed by atoms with E-state index in [1.165, 1.54) is 0 Å². The Bertz CT molecular complexity index is 166. The molecule has 0 atom stereocenters. The second kappa shape index (κ2) is 2.84. The first-order valence-electron chi connectivity index (χ1n) is 4.40. The standard InChI is InChI=1S/C11H18/c1-9(2)10-5-7-11(3,4)8-6-10/h5-10H,1-4H3. The molecule has 62 valence electrons. The van der Waals surface area contributed by atoms with Gasteiger partial charge in [0, 0.05) is 5.41 Å². The Morgan fingerprint density at radius 2 is 1.55 bits per heavy atom. The van der Waals surface area contributed by atoms with Crippen LogP contribution in [0.3, 0.4) is 0 Å². The molecule has 0 aliphatic heterocycles. The largest absolute Gasteiger partial charge is 0.0805 e. The van der Waals surface area contributed by atoms with Crippen LogP contribution in [0, 0.1) is 17.3 Å². The van der Waals surface area contributed by atoms with Crippen LogP contribution in [0.25, 0.3) is 0 Å². The quantitative estimate of drug-likeness (QED) is 0.502. The van der Waals surface area contributed by atoms with Crippen LogP contribution in [0.4, 0.5) is 0 Å². The first-order valence-corrected chi connectivity index (χ1v) is 4.40. The van der Waals surface area contributed by atoms with Crippen molar-refractivity contribution >= 4 is 0 Å². The molecule has 0 saturated carbocycles. The fourth-order valence-electron chi connectivity index (χ4n) is 1.28. The van der Waals surface area contributed by atoms with E-state index in [2.05, 4.69) is 52.0 Å². The molecule has 0 fully saturated rings. The molecule has 0 nitrogen and oxygen atoms in total. The zero-order valence-corrected chi connectivity index (χ0v) is 7.96. The third-order valence-electron chi connectivity index (χ3n) is 2.27.